The first-order valence-corrected chi connectivity index (χ1v) is 8.22. The van der Waals surface area contributed by atoms with Crippen molar-refractivity contribution >= 4 is 27.7 Å². The lowest BCUT2D eigenvalue weighted by molar-refractivity contribution is 0.626. The van der Waals surface area contributed by atoms with Gasteiger partial charge in [-0.3, -0.25) is 0 Å². The summed E-state index contributed by atoms with van der Waals surface area (Å²) in [5.74, 6) is -0.203. The molecular formula is C16H17BrFNS. The van der Waals surface area contributed by atoms with Gasteiger partial charge in [-0.15, -0.1) is 0 Å². The van der Waals surface area contributed by atoms with Crippen LogP contribution in [0.25, 0.3) is 0 Å². The average Bonchev–Trinajstić information content (AvgIpc) is 2.44. The van der Waals surface area contributed by atoms with Gasteiger partial charge < -0.3 is 5.32 Å². The molecule has 2 rings (SSSR count). The van der Waals surface area contributed by atoms with E-state index < -0.39 is 0 Å². The van der Waals surface area contributed by atoms with Crippen molar-refractivity contribution in [1.82, 2.24) is 5.32 Å². The van der Waals surface area contributed by atoms with E-state index in [1.54, 1.807) is 23.9 Å². The highest BCUT2D eigenvalue weighted by molar-refractivity contribution is 9.10. The van der Waals surface area contributed by atoms with Gasteiger partial charge in [-0.05, 0) is 70.9 Å². The van der Waals surface area contributed by atoms with Crippen molar-refractivity contribution in [1.29, 1.82) is 0 Å². The zero-order valence-electron chi connectivity index (χ0n) is 11.3. The fourth-order valence-corrected chi connectivity index (χ4v) is 3.26. The van der Waals surface area contributed by atoms with Crippen LogP contribution in [0.5, 0.6) is 0 Å². The highest BCUT2D eigenvalue weighted by Crippen LogP contribution is 2.34. The second kappa shape index (κ2) is 7.81. The van der Waals surface area contributed by atoms with Gasteiger partial charge in [-0.1, -0.05) is 24.8 Å². The summed E-state index contributed by atoms with van der Waals surface area (Å²) in [7, 11) is 0. The van der Waals surface area contributed by atoms with Crippen molar-refractivity contribution in [3.8, 4) is 0 Å². The lowest BCUT2D eigenvalue weighted by Crippen LogP contribution is -2.13. The molecule has 0 heterocycles. The van der Waals surface area contributed by atoms with Crippen LogP contribution in [-0.4, -0.2) is 6.54 Å². The summed E-state index contributed by atoms with van der Waals surface area (Å²) in [6, 6.07) is 12.9. The Morgan fingerprint density at radius 1 is 1.15 bits per heavy atom. The van der Waals surface area contributed by atoms with E-state index in [0.29, 0.717) is 0 Å². The second-order valence-corrected chi connectivity index (χ2v) is 6.47. The predicted octanol–water partition coefficient (Wildman–Crippen LogP) is 5.24. The van der Waals surface area contributed by atoms with E-state index in [4.69, 9.17) is 0 Å². The van der Waals surface area contributed by atoms with Gasteiger partial charge in [0, 0.05) is 20.8 Å². The molecule has 0 bridgehead atoms. The van der Waals surface area contributed by atoms with E-state index in [0.717, 1.165) is 33.8 Å². The summed E-state index contributed by atoms with van der Waals surface area (Å²) in [4.78, 5) is 2.17. The molecule has 0 spiro atoms. The molecule has 0 aliphatic rings. The molecule has 4 heteroatoms. The molecule has 0 unspecified atom stereocenters. The third kappa shape index (κ3) is 4.62. The van der Waals surface area contributed by atoms with Gasteiger partial charge in [-0.25, -0.2) is 4.39 Å². The molecule has 106 valence electrons. The number of hydrogen-bond donors (Lipinski definition) is 1. The predicted molar refractivity (Wildman–Crippen MR) is 86.7 cm³/mol. The van der Waals surface area contributed by atoms with Gasteiger partial charge in [0.2, 0.25) is 0 Å². The van der Waals surface area contributed by atoms with Crippen molar-refractivity contribution in [2.24, 2.45) is 0 Å². The Labute approximate surface area is 132 Å². The third-order valence-corrected chi connectivity index (χ3v) is 4.80. The average molecular weight is 354 g/mol. The first kappa shape index (κ1) is 15.5. The summed E-state index contributed by atoms with van der Waals surface area (Å²) in [6.07, 6.45) is 1.14. The molecule has 0 radical (unpaired) electrons. The molecule has 1 nitrogen and oxygen atoms in total. The maximum absolute atomic E-state index is 12.9. The Balaban J connectivity index is 2.03. The summed E-state index contributed by atoms with van der Waals surface area (Å²) in [5.41, 5.74) is 1.26. The number of benzene rings is 2. The Morgan fingerprint density at radius 3 is 2.55 bits per heavy atom. The number of hydrogen-bond acceptors (Lipinski definition) is 2. The van der Waals surface area contributed by atoms with E-state index in [9.17, 15) is 4.39 Å². The summed E-state index contributed by atoms with van der Waals surface area (Å²) in [6.45, 7) is 4.07. The molecule has 0 saturated carbocycles. The van der Waals surface area contributed by atoms with E-state index in [1.807, 2.05) is 0 Å². The maximum atomic E-state index is 12.9. The fourth-order valence-electron chi connectivity index (χ4n) is 1.78. The second-order valence-electron chi connectivity index (χ2n) is 4.50. The number of rotatable bonds is 6. The lowest BCUT2D eigenvalue weighted by atomic mass is 10.2. The van der Waals surface area contributed by atoms with Crippen LogP contribution in [-0.2, 0) is 6.54 Å². The molecule has 0 fully saturated rings. The first-order valence-electron chi connectivity index (χ1n) is 6.61. The van der Waals surface area contributed by atoms with Crippen molar-refractivity contribution in [2.75, 3.05) is 6.54 Å². The number of halogens is 2. The van der Waals surface area contributed by atoms with E-state index in [2.05, 4.69) is 46.4 Å². The van der Waals surface area contributed by atoms with Crippen LogP contribution in [0.3, 0.4) is 0 Å². The largest absolute Gasteiger partial charge is 0.313 e. The molecule has 0 aliphatic carbocycles. The highest BCUT2D eigenvalue weighted by atomic mass is 79.9. The van der Waals surface area contributed by atoms with Crippen LogP contribution >= 0.6 is 27.7 Å². The van der Waals surface area contributed by atoms with Gasteiger partial charge in [0.1, 0.15) is 5.82 Å². The topological polar surface area (TPSA) is 12.0 Å². The quantitative estimate of drug-likeness (QED) is 0.712. The van der Waals surface area contributed by atoms with Gasteiger partial charge in [-0.2, -0.15) is 0 Å². The Bertz CT molecular complexity index is 557. The molecule has 0 atom stereocenters. The standard InChI is InChI=1S/C16H17BrFNS/c1-2-9-19-11-12-3-8-16(15(17)10-12)20-14-6-4-13(18)5-7-14/h3-8,10,19H,2,9,11H2,1H3. The Hall–Kier alpha value is -0.840. The van der Waals surface area contributed by atoms with Crippen LogP contribution in [0.2, 0.25) is 0 Å². The normalized spacial score (nSPS) is 10.8. The maximum Gasteiger partial charge on any atom is 0.123 e. The summed E-state index contributed by atoms with van der Waals surface area (Å²) >= 11 is 5.23. The Morgan fingerprint density at radius 2 is 1.90 bits per heavy atom. The van der Waals surface area contributed by atoms with E-state index >= 15 is 0 Å². The van der Waals surface area contributed by atoms with Crippen LogP contribution in [0.4, 0.5) is 4.39 Å². The molecule has 0 saturated heterocycles. The minimum Gasteiger partial charge on any atom is -0.313 e. The highest BCUT2D eigenvalue weighted by Gasteiger charge is 2.04. The SMILES string of the molecule is CCCNCc1ccc(Sc2ccc(F)cc2)c(Br)c1. The van der Waals surface area contributed by atoms with Crippen molar-refractivity contribution < 1.29 is 4.39 Å². The molecule has 1 N–H and O–H groups in total. The monoisotopic (exact) mass is 353 g/mol. The smallest absolute Gasteiger partial charge is 0.123 e. The van der Waals surface area contributed by atoms with Crippen molar-refractivity contribution in [3.63, 3.8) is 0 Å². The van der Waals surface area contributed by atoms with Crippen LogP contribution < -0.4 is 5.32 Å². The van der Waals surface area contributed by atoms with Gasteiger partial charge in [0.15, 0.2) is 0 Å². The van der Waals surface area contributed by atoms with Crippen LogP contribution in [0.1, 0.15) is 18.9 Å². The van der Waals surface area contributed by atoms with Crippen molar-refractivity contribution in [2.45, 2.75) is 29.7 Å². The molecular weight excluding hydrogens is 337 g/mol. The van der Waals surface area contributed by atoms with Gasteiger partial charge in [0.05, 0.1) is 0 Å². The zero-order chi connectivity index (χ0) is 14.4. The summed E-state index contributed by atoms with van der Waals surface area (Å²) in [5, 5.41) is 3.38. The third-order valence-electron chi connectivity index (χ3n) is 2.79. The van der Waals surface area contributed by atoms with E-state index in [1.165, 1.54) is 17.7 Å². The first-order chi connectivity index (χ1) is 9.69. The zero-order valence-corrected chi connectivity index (χ0v) is 13.7. The van der Waals surface area contributed by atoms with Gasteiger partial charge >= 0.3 is 0 Å². The van der Waals surface area contributed by atoms with Gasteiger partial charge in [0.25, 0.3) is 0 Å². The lowest BCUT2D eigenvalue weighted by Gasteiger charge is -2.08. The van der Waals surface area contributed by atoms with Crippen LogP contribution in [0.15, 0.2) is 56.7 Å². The molecule has 2 aromatic rings. The minimum atomic E-state index is -0.203. The molecule has 2 aromatic carbocycles. The van der Waals surface area contributed by atoms with Crippen LogP contribution in [0, 0.1) is 5.82 Å². The minimum absolute atomic E-state index is 0.203. The van der Waals surface area contributed by atoms with E-state index in [-0.39, 0.29) is 5.82 Å². The Kier molecular flexibility index (Phi) is 6.07. The molecule has 20 heavy (non-hydrogen) atoms. The molecule has 0 aliphatic heterocycles. The fraction of sp³-hybridized carbons (Fsp3) is 0.250. The molecule has 0 aromatic heterocycles. The van der Waals surface area contributed by atoms with Crippen molar-refractivity contribution in [3.05, 3.63) is 58.3 Å². The number of nitrogens with one attached hydrogen (secondary N) is 1. The summed E-state index contributed by atoms with van der Waals surface area (Å²) < 4.78 is 14.0. The molecule has 0 amide bonds.